The standard InChI is InChI=1S/C16H18N2O4S/c1-9-4-5-12(6-10(9)2)22-8-14(19)18-11(3)15-17-7-13(23-15)16(20)21/h4-7,11H,8H2,1-3H3,(H,18,19)(H,20,21). The third kappa shape index (κ3) is 4.53. The van der Waals surface area contributed by atoms with Crippen LogP contribution in [0.3, 0.4) is 0 Å². The molecule has 1 amide bonds. The number of benzene rings is 1. The van der Waals surface area contributed by atoms with Crippen molar-refractivity contribution in [3.05, 3.63) is 45.4 Å². The first kappa shape index (κ1) is 17.0. The lowest BCUT2D eigenvalue weighted by atomic mass is 10.1. The Hall–Kier alpha value is -2.41. The molecular formula is C16H18N2O4S. The number of thiazole rings is 1. The maximum atomic E-state index is 11.9. The second kappa shape index (κ2) is 7.23. The van der Waals surface area contributed by atoms with Crippen LogP contribution in [0.15, 0.2) is 24.4 Å². The molecule has 0 bridgehead atoms. The van der Waals surface area contributed by atoms with E-state index in [0.29, 0.717) is 10.8 Å². The summed E-state index contributed by atoms with van der Waals surface area (Å²) >= 11 is 1.04. The number of carbonyl (C=O) groups excluding carboxylic acids is 1. The van der Waals surface area contributed by atoms with Crippen molar-refractivity contribution in [2.75, 3.05) is 6.61 Å². The van der Waals surface area contributed by atoms with Crippen LogP contribution in [0.1, 0.15) is 38.8 Å². The van der Waals surface area contributed by atoms with E-state index >= 15 is 0 Å². The number of aromatic nitrogens is 1. The highest BCUT2D eigenvalue weighted by atomic mass is 32.1. The molecule has 0 spiro atoms. The van der Waals surface area contributed by atoms with Crippen molar-refractivity contribution < 1.29 is 19.4 Å². The minimum absolute atomic E-state index is 0.107. The number of aryl methyl sites for hydroxylation is 2. The van der Waals surface area contributed by atoms with Crippen LogP contribution in [-0.2, 0) is 4.79 Å². The van der Waals surface area contributed by atoms with Crippen LogP contribution in [-0.4, -0.2) is 28.6 Å². The van der Waals surface area contributed by atoms with Crippen molar-refractivity contribution in [2.24, 2.45) is 0 Å². The van der Waals surface area contributed by atoms with E-state index in [2.05, 4.69) is 10.3 Å². The lowest BCUT2D eigenvalue weighted by Crippen LogP contribution is -2.31. The smallest absolute Gasteiger partial charge is 0.347 e. The van der Waals surface area contributed by atoms with E-state index in [9.17, 15) is 9.59 Å². The molecule has 0 saturated heterocycles. The number of hydrogen-bond acceptors (Lipinski definition) is 5. The SMILES string of the molecule is Cc1ccc(OCC(=O)NC(C)c2ncc(C(=O)O)s2)cc1C. The van der Waals surface area contributed by atoms with Crippen molar-refractivity contribution in [2.45, 2.75) is 26.8 Å². The van der Waals surface area contributed by atoms with Crippen molar-refractivity contribution in [3.8, 4) is 5.75 Å². The summed E-state index contributed by atoms with van der Waals surface area (Å²) in [7, 11) is 0. The topological polar surface area (TPSA) is 88.5 Å². The van der Waals surface area contributed by atoms with Gasteiger partial charge in [0.2, 0.25) is 0 Å². The summed E-state index contributed by atoms with van der Waals surface area (Å²) in [6.07, 6.45) is 1.29. The van der Waals surface area contributed by atoms with Gasteiger partial charge in [0.15, 0.2) is 6.61 Å². The van der Waals surface area contributed by atoms with Gasteiger partial charge in [0.1, 0.15) is 15.6 Å². The number of rotatable bonds is 6. The van der Waals surface area contributed by atoms with Crippen LogP contribution in [0.2, 0.25) is 0 Å². The summed E-state index contributed by atoms with van der Waals surface area (Å²) < 4.78 is 5.46. The molecule has 23 heavy (non-hydrogen) atoms. The van der Waals surface area contributed by atoms with Gasteiger partial charge in [-0.05, 0) is 44.0 Å². The number of ether oxygens (including phenoxy) is 1. The minimum atomic E-state index is -1.02. The van der Waals surface area contributed by atoms with Gasteiger partial charge >= 0.3 is 5.97 Å². The summed E-state index contributed by atoms with van der Waals surface area (Å²) in [5.74, 6) is -0.675. The van der Waals surface area contributed by atoms with Gasteiger partial charge in [-0.2, -0.15) is 0 Å². The first-order chi connectivity index (χ1) is 10.9. The van der Waals surface area contributed by atoms with E-state index in [-0.39, 0.29) is 23.4 Å². The van der Waals surface area contributed by atoms with Crippen LogP contribution in [0.5, 0.6) is 5.75 Å². The molecule has 0 radical (unpaired) electrons. The number of nitrogens with one attached hydrogen (secondary N) is 1. The molecule has 2 aromatic rings. The first-order valence-electron chi connectivity index (χ1n) is 7.05. The van der Waals surface area contributed by atoms with Gasteiger partial charge in [0, 0.05) is 0 Å². The number of amides is 1. The summed E-state index contributed by atoms with van der Waals surface area (Å²) in [6.45, 7) is 5.63. The molecule has 1 aromatic heterocycles. The molecule has 7 heteroatoms. The lowest BCUT2D eigenvalue weighted by Gasteiger charge is -2.12. The van der Waals surface area contributed by atoms with Crippen LogP contribution in [0.4, 0.5) is 0 Å². The molecule has 6 nitrogen and oxygen atoms in total. The largest absolute Gasteiger partial charge is 0.484 e. The zero-order chi connectivity index (χ0) is 17.0. The van der Waals surface area contributed by atoms with E-state index < -0.39 is 5.97 Å². The third-order valence-electron chi connectivity index (χ3n) is 3.33. The summed E-state index contributed by atoms with van der Waals surface area (Å²) in [5.41, 5.74) is 2.26. The Kier molecular flexibility index (Phi) is 5.33. The highest BCUT2D eigenvalue weighted by molar-refractivity contribution is 7.13. The van der Waals surface area contributed by atoms with Crippen molar-refractivity contribution >= 4 is 23.2 Å². The van der Waals surface area contributed by atoms with E-state index in [1.807, 2.05) is 32.0 Å². The maximum absolute atomic E-state index is 11.9. The molecule has 0 saturated carbocycles. The van der Waals surface area contributed by atoms with E-state index in [1.54, 1.807) is 6.92 Å². The molecule has 1 unspecified atom stereocenters. The molecular weight excluding hydrogens is 316 g/mol. The fourth-order valence-corrected chi connectivity index (χ4v) is 2.64. The summed E-state index contributed by atoms with van der Waals surface area (Å²) in [5, 5.41) is 12.2. The fraction of sp³-hybridized carbons (Fsp3) is 0.312. The monoisotopic (exact) mass is 334 g/mol. The van der Waals surface area contributed by atoms with Gasteiger partial charge in [-0.15, -0.1) is 11.3 Å². The molecule has 1 aromatic carbocycles. The van der Waals surface area contributed by atoms with Crippen LogP contribution >= 0.6 is 11.3 Å². The second-order valence-electron chi connectivity index (χ2n) is 5.19. The quantitative estimate of drug-likeness (QED) is 0.848. The van der Waals surface area contributed by atoms with Crippen molar-refractivity contribution in [1.29, 1.82) is 0 Å². The predicted octanol–water partition coefficient (Wildman–Crippen LogP) is 2.71. The number of carboxylic acids is 1. The second-order valence-corrected chi connectivity index (χ2v) is 6.25. The van der Waals surface area contributed by atoms with Crippen molar-refractivity contribution in [3.63, 3.8) is 0 Å². The number of aromatic carboxylic acids is 1. The Balaban J connectivity index is 1.88. The molecule has 1 atom stereocenters. The normalized spacial score (nSPS) is 11.8. The third-order valence-corrected chi connectivity index (χ3v) is 4.50. The molecule has 2 rings (SSSR count). The molecule has 1 heterocycles. The van der Waals surface area contributed by atoms with E-state index in [1.165, 1.54) is 6.20 Å². The Morgan fingerprint density at radius 2 is 2.09 bits per heavy atom. The van der Waals surface area contributed by atoms with Gasteiger partial charge in [-0.3, -0.25) is 4.79 Å². The van der Waals surface area contributed by atoms with Gasteiger partial charge in [-0.1, -0.05) is 6.07 Å². The average molecular weight is 334 g/mol. The highest BCUT2D eigenvalue weighted by Gasteiger charge is 2.16. The Morgan fingerprint density at radius 3 is 2.70 bits per heavy atom. The van der Waals surface area contributed by atoms with Gasteiger partial charge in [-0.25, -0.2) is 9.78 Å². The van der Waals surface area contributed by atoms with Gasteiger partial charge in [0.05, 0.1) is 12.2 Å². The predicted molar refractivity (Wildman–Crippen MR) is 87.0 cm³/mol. The molecule has 122 valence electrons. The van der Waals surface area contributed by atoms with Crippen LogP contribution in [0.25, 0.3) is 0 Å². The van der Waals surface area contributed by atoms with Gasteiger partial charge < -0.3 is 15.2 Å². The molecule has 0 aliphatic carbocycles. The van der Waals surface area contributed by atoms with Crippen LogP contribution < -0.4 is 10.1 Å². The zero-order valence-electron chi connectivity index (χ0n) is 13.1. The lowest BCUT2D eigenvalue weighted by molar-refractivity contribution is -0.123. The maximum Gasteiger partial charge on any atom is 0.347 e. The van der Waals surface area contributed by atoms with E-state index in [4.69, 9.17) is 9.84 Å². The molecule has 0 aliphatic heterocycles. The summed E-state index contributed by atoms with van der Waals surface area (Å²) in [6, 6.07) is 5.27. The molecule has 0 aliphatic rings. The Labute approximate surface area is 138 Å². The highest BCUT2D eigenvalue weighted by Crippen LogP contribution is 2.20. The summed E-state index contributed by atoms with van der Waals surface area (Å²) in [4.78, 5) is 26.9. The number of nitrogens with zero attached hydrogens (tertiary/aromatic N) is 1. The number of carbonyl (C=O) groups is 2. The number of hydrogen-bond donors (Lipinski definition) is 2. The first-order valence-corrected chi connectivity index (χ1v) is 7.87. The fourth-order valence-electron chi connectivity index (χ4n) is 1.88. The Bertz CT molecular complexity index is 727. The van der Waals surface area contributed by atoms with Crippen LogP contribution in [0, 0.1) is 13.8 Å². The van der Waals surface area contributed by atoms with Gasteiger partial charge in [0.25, 0.3) is 5.91 Å². The van der Waals surface area contributed by atoms with Crippen molar-refractivity contribution in [1.82, 2.24) is 10.3 Å². The number of carboxylic acid groups (broad SMARTS) is 1. The minimum Gasteiger partial charge on any atom is -0.484 e. The Morgan fingerprint density at radius 1 is 1.35 bits per heavy atom. The average Bonchev–Trinajstić information content (AvgIpc) is 2.98. The molecule has 0 fully saturated rings. The van der Waals surface area contributed by atoms with E-state index in [0.717, 1.165) is 22.5 Å². The molecule has 2 N–H and O–H groups in total. The zero-order valence-corrected chi connectivity index (χ0v) is 13.9.